The second kappa shape index (κ2) is 9.71. The number of rotatable bonds is 6. The van der Waals surface area contributed by atoms with E-state index in [1.807, 2.05) is 29.3 Å². The maximum absolute atomic E-state index is 13.0. The molecule has 0 saturated carbocycles. The van der Waals surface area contributed by atoms with Crippen molar-refractivity contribution < 1.29 is 19.0 Å². The lowest BCUT2D eigenvalue weighted by molar-refractivity contribution is -0.141. The fraction of sp³-hybridized carbons (Fsp3) is 0.360. The van der Waals surface area contributed by atoms with E-state index in [1.54, 1.807) is 17.5 Å². The quantitative estimate of drug-likeness (QED) is 0.559. The van der Waals surface area contributed by atoms with Crippen LogP contribution in [0, 0.1) is 0 Å². The van der Waals surface area contributed by atoms with Crippen LogP contribution in [-0.4, -0.2) is 48.3 Å². The summed E-state index contributed by atoms with van der Waals surface area (Å²) in [5, 5.41) is 2.08. The Labute approximate surface area is 191 Å². The minimum atomic E-state index is -0.334. The maximum Gasteiger partial charge on any atom is 0.252 e. The first-order valence-corrected chi connectivity index (χ1v) is 11.9. The van der Waals surface area contributed by atoms with Crippen LogP contribution in [0.25, 0.3) is 11.1 Å². The van der Waals surface area contributed by atoms with Crippen molar-refractivity contribution >= 4 is 17.2 Å². The Kier molecular flexibility index (Phi) is 6.36. The standard InChI is InChI=1S/C25H26N2O4S/c28-25(22-6-2-10-29-22)27-9-12-31-24-20(17-27)14-19(18-4-1-8-26-16-18)15-23(24)30-11-7-21-5-3-13-32-21/h1,3-5,8,13-16,22H,2,6-7,9-12,17H2. The molecule has 2 aliphatic rings. The molecule has 6 nitrogen and oxygen atoms in total. The number of pyridine rings is 1. The largest absolute Gasteiger partial charge is 0.489 e. The molecule has 7 heteroatoms. The molecule has 32 heavy (non-hydrogen) atoms. The first-order chi connectivity index (χ1) is 15.8. The van der Waals surface area contributed by atoms with Crippen molar-refractivity contribution in [1.29, 1.82) is 0 Å². The third kappa shape index (κ3) is 4.64. The van der Waals surface area contributed by atoms with Gasteiger partial charge in [-0.25, -0.2) is 0 Å². The Balaban J connectivity index is 1.43. The van der Waals surface area contributed by atoms with Crippen molar-refractivity contribution in [2.75, 3.05) is 26.4 Å². The highest BCUT2D eigenvalue weighted by Crippen LogP contribution is 2.39. The summed E-state index contributed by atoms with van der Waals surface area (Å²) in [5.41, 5.74) is 2.94. The third-order valence-corrected chi connectivity index (χ3v) is 6.73. The van der Waals surface area contributed by atoms with Crippen molar-refractivity contribution in [2.24, 2.45) is 0 Å². The zero-order valence-corrected chi connectivity index (χ0v) is 18.7. The molecule has 1 fully saturated rings. The fourth-order valence-corrected chi connectivity index (χ4v) is 4.86. The van der Waals surface area contributed by atoms with Crippen LogP contribution in [0.2, 0.25) is 0 Å². The van der Waals surface area contributed by atoms with E-state index in [2.05, 4.69) is 28.6 Å². The van der Waals surface area contributed by atoms with Crippen molar-refractivity contribution in [3.8, 4) is 22.6 Å². The molecule has 1 unspecified atom stereocenters. The van der Waals surface area contributed by atoms with Gasteiger partial charge in [-0.1, -0.05) is 12.1 Å². The Morgan fingerprint density at radius 2 is 2.19 bits per heavy atom. The molecule has 1 aromatic carbocycles. The summed E-state index contributed by atoms with van der Waals surface area (Å²) < 4.78 is 18.0. The highest BCUT2D eigenvalue weighted by Gasteiger charge is 2.31. The Bertz CT molecular complexity index is 1050. The van der Waals surface area contributed by atoms with Crippen molar-refractivity contribution in [3.63, 3.8) is 0 Å². The van der Waals surface area contributed by atoms with Crippen LogP contribution < -0.4 is 9.47 Å². The van der Waals surface area contributed by atoms with E-state index < -0.39 is 0 Å². The molecule has 1 saturated heterocycles. The molecular formula is C25H26N2O4S. The Hall–Kier alpha value is -2.90. The van der Waals surface area contributed by atoms with Gasteiger partial charge in [-0.05, 0) is 48.1 Å². The van der Waals surface area contributed by atoms with Gasteiger partial charge in [0.2, 0.25) is 0 Å². The molecule has 0 aliphatic carbocycles. The highest BCUT2D eigenvalue weighted by atomic mass is 32.1. The van der Waals surface area contributed by atoms with Gasteiger partial charge in [0.15, 0.2) is 11.5 Å². The molecule has 1 atom stereocenters. The zero-order chi connectivity index (χ0) is 21.8. The van der Waals surface area contributed by atoms with Crippen LogP contribution in [-0.2, 0) is 22.5 Å². The topological polar surface area (TPSA) is 60.9 Å². The van der Waals surface area contributed by atoms with E-state index in [9.17, 15) is 4.79 Å². The molecular weight excluding hydrogens is 424 g/mol. The fourth-order valence-electron chi connectivity index (χ4n) is 4.17. The van der Waals surface area contributed by atoms with Gasteiger partial charge in [0.25, 0.3) is 5.91 Å². The molecule has 3 aromatic rings. The Morgan fingerprint density at radius 3 is 2.97 bits per heavy atom. The summed E-state index contributed by atoms with van der Waals surface area (Å²) in [4.78, 5) is 20.4. The first kappa shape index (κ1) is 21.0. The molecule has 2 aliphatic heterocycles. The number of ether oxygens (including phenoxy) is 3. The van der Waals surface area contributed by atoms with E-state index in [1.165, 1.54) is 4.88 Å². The first-order valence-electron chi connectivity index (χ1n) is 11.0. The molecule has 0 spiro atoms. The van der Waals surface area contributed by atoms with Crippen molar-refractivity contribution in [3.05, 3.63) is 64.6 Å². The second-order valence-electron chi connectivity index (χ2n) is 7.99. The number of carbonyl (C=O) groups excluding carboxylic acids is 1. The van der Waals surface area contributed by atoms with Gasteiger partial charge >= 0.3 is 0 Å². The monoisotopic (exact) mass is 450 g/mol. The molecule has 0 N–H and O–H groups in total. The molecule has 4 heterocycles. The van der Waals surface area contributed by atoms with Crippen molar-refractivity contribution in [2.45, 2.75) is 31.9 Å². The number of amides is 1. The number of hydrogen-bond donors (Lipinski definition) is 0. The number of hydrogen-bond acceptors (Lipinski definition) is 6. The van der Waals surface area contributed by atoms with Crippen LogP contribution in [0.15, 0.2) is 54.2 Å². The smallest absolute Gasteiger partial charge is 0.252 e. The maximum atomic E-state index is 13.0. The lowest BCUT2D eigenvalue weighted by Crippen LogP contribution is -2.39. The van der Waals surface area contributed by atoms with E-state index in [0.29, 0.717) is 38.7 Å². The van der Waals surface area contributed by atoms with Crippen LogP contribution in [0.3, 0.4) is 0 Å². The number of fused-ring (bicyclic) bond motifs is 1. The summed E-state index contributed by atoms with van der Waals surface area (Å²) in [6, 6.07) is 12.2. The molecule has 166 valence electrons. The van der Waals surface area contributed by atoms with Gasteiger partial charge in [-0.2, -0.15) is 0 Å². The van der Waals surface area contributed by atoms with Gasteiger partial charge in [0.1, 0.15) is 12.7 Å². The molecule has 0 radical (unpaired) electrons. The van der Waals surface area contributed by atoms with E-state index in [-0.39, 0.29) is 12.0 Å². The predicted octanol–water partition coefficient (Wildman–Crippen LogP) is 4.33. The van der Waals surface area contributed by atoms with E-state index in [0.717, 1.165) is 41.7 Å². The number of nitrogens with zero attached hydrogens (tertiary/aromatic N) is 2. The normalized spacial score (nSPS) is 18.0. The summed E-state index contributed by atoms with van der Waals surface area (Å²) in [6.45, 7) is 2.66. The van der Waals surface area contributed by atoms with Crippen LogP contribution in [0.5, 0.6) is 11.5 Å². The molecule has 1 amide bonds. The SMILES string of the molecule is O=C(C1CCCO1)N1CCOc2c(cc(-c3cccnc3)cc2OCCc2cccs2)C1. The zero-order valence-electron chi connectivity index (χ0n) is 17.9. The average molecular weight is 451 g/mol. The van der Waals surface area contributed by atoms with Gasteiger partial charge in [-0.15, -0.1) is 11.3 Å². The van der Waals surface area contributed by atoms with Gasteiger partial charge < -0.3 is 19.1 Å². The second-order valence-corrected chi connectivity index (χ2v) is 9.02. The van der Waals surface area contributed by atoms with Gasteiger partial charge in [0.05, 0.1) is 13.2 Å². The van der Waals surface area contributed by atoms with Gasteiger partial charge in [-0.3, -0.25) is 9.78 Å². The summed E-state index contributed by atoms with van der Waals surface area (Å²) in [7, 11) is 0. The minimum absolute atomic E-state index is 0.0471. The highest BCUT2D eigenvalue weighted by molar-refractivity contribution is 7.09. The Morgan fingerprint density at radius 1 is 1.22 bits per heavy atom. The third-order valence-electron chi connectivity index (χ3n) is 5.80. The molecule has 5 rings (SSSR count). The lowest BCUT2D eigenvalue weighted by atomic mass is 10.0. The molecule has 0 bridgehead atoms. The minimum Gasteiger partial charge on any atom is -0.489 e. The molecule has 2 aromatic heterocycles. The van der Waals surface area contributed by atoms with Crippen molar-refractivity contribution in [1.82, 2.24) is 9.88 Å². The van der Waals surface area contributed by atoms with E-state index in [4.69, 9.17) is 14.2 Å². The number of benzene rings is 1. The van der Waals surface area contributed by atoms with E-state index >= 15 is 0 Å². The summed E-state index contributed by atoms with van der Waals surface area (Å²) in [6.07, 6.45) is 5.83. The number of carbonyl (C=O) groups is 1. The average Bonchev–Trinajstić information content (AvgIpc) is 3.50. The summed E-state index contributed by atoms with van der Waals surface area (Å²) >= 11 is 1.73. The van der Waals surface area contributed by atoms with Crippen LogP contribution in [0.4, 0.5) is 0 Å². The summed E-state index contributed by atoms with van der Waals surface area (Å²) in [5.74, 6) is 1.49. The van der Waals surface area contributed by atoms with Crippen LogP contribution >= 0.6 is 11.3 Å². The number of aromatic nitrogens is 1. The van der Waals surface area contributed by atoms with Crippen LogP contribution in [0.1, 0.15) is 23.3 Å². The number of thiophene rings is 1. The van der Waals surface area contributed by atoms with Gasteiger partial charge in [0, 0.05) is 48.0 Å². The predicted molar refractivity (Wildman–Crippen MR) is 123 cm³/mol. The lowest BCUT2D eigenvalue weighted by Gasteiger charge is -2.23.